The van der Waals surface area contributed by atoms with Gasteiger partial charge in [0.05, 0.1) is 5.70 Å². The maximum Gasteiger partial charge on any atom is 0.407 e. The van der Waals surface area contributed by atoms with Gasteiger partial charge in [-0.1, -0.05) is 6.08 Å². The van der Waals surface area contributed by atoms with Crippen molar-refractivity contribution in [3.63, 3.8) is 0 Å². The highest BCUT2D eigenvalue weighted by Gasteiger charge is 2.65. The molecule has 1 fully saturated rings. The van der Waals surface area contributed by atoms with E-state index in [2.05, 4.69) is 21.5 Å². The minimum absolute atomic E-state index is 0.176. The topological polar surface area (TPSA) is 178 Å². The number of amides is 1. The lowest BCUT2D eigenvalue weighted by Crippen LogP contribution is -2.57. The van der Waals surface area contributed by atoms with Crippen LogP contribution in [0.25, 0.3) is 0 Å². The molecule has 3 rings (SSSR count). The number of rotatable bonds is 6. The molecule has 0 aromatic heterocycles. The summed E-state index contributed by atoms with van der Waals surface area (Å²) in [6.45, 7) is 5.48. The highest BCUT2D eigenvalue weighted by atomic mass is 16.7. The number of alkyl carbamates (subject to hydrolysis) is 1. The van der Waals surface area contributed by atoms with E-state index in [0.29, 0.717) is 5.70 Å². The van der Waals surface area contributed by atoms with Gasteiger partial charge in [0.1, 0.15) is 31.2 Å². The summed E-state index contributed by atoms with van der Waals surface area (Å²) in [5.41, 5.74) is 4.57. The lowest BCUT2D eigenvalue weighted by molar-refractivity contribution is -0.168. The number of hydrogen-bond donors (Lipinski definition) is 2. The number of amidine groups is 1. The first-order valence-corrected chi connectivity index (χ1v) is 10.3. The number of hydrazone groups is 1. The third-order valence-electron chi connectivity index (χ3n) is 5.20. The van der Waals surface area contributed by atoms with Crippen molar-refractivity contribution >= 4 is 30.2 Å². The number of aliphatic imine (C=N–C) groups is 1. The molecule has 13 heteroatoms. The Hall–Kier alpha value is -3.66. The first-order chi connectivity index (χ1) is 15.6. The molecule has 178 valence electrons. The van der Waals surface area contributed by atoms with Gasteiger partial charge in [-0.2, -0.15) is 10.4 Å². The zero-order valence-corrected chi connectivity index (χ0v) is 18.7. The average Bonchev–Trinajstić information content (AvgIpc) is 3.27. The van der Waals surface area contributed by atoms with E-state index in [-0.39, 0.29) is 24.9 Å². The number of ether oxygens (including phenoxy) is 4. The Morgan fingerprint density at radius 2 is 2.06 bits per heavy atom. The van der Waals surface area contributed by atoms with Crippen LogP contribution in [0.2, 0.25) is 0 Å². The van der Waals surface area contributed by atoms with E-state index in [1.165, 1.54) is 18.3 Å². The first-order valence-electron chi connectivity index (χ1n) is 10.3. The van der Waals surface area contributed by atoms with Crippen LogP contribution in [0.4, 0.5) is 4.79 Å². The molecule has 0 aromatic rings. The maximum absolute atomic E-state index is 12.0. The highest BCUT2D eigenvalue weighted by molar-refractivity contribution is 6.02. The Balaban J connectivity index is 1.95. The van der Waals surface area contributed by atoms with Crippen LogP contribution in [-0.2, 0) is 28.5 Å². The molecule has 3 aliphatic heterocycles. The fourth-order valence-electron chi connectivity index (χ4n) is 4.00. The third-order valence-corrected chi connectivity index (χ3v) is 5.20. The summed E-state index contributed by atoms with van der Waals surface area (Å²) in [5.74, 6) is -1.21. The molecule has 0 spiro atoms. The van der Waals surface area contributed by atoms with Gasteiger partial charge in [0, 0.05) is 19.9 Å². The van der Waals surface area contributed by atoms with Crippen molar-refractivity contribution in [2.24, 2.45) is 15.8 Å². The lowest BCUT2D eigenvalue weighted by Gasteiger charge is -2.37. The van der Waals surface area contributed by atoms with Crippen molar-refractivity contribution in [1.82, 2.24) is 10.3 Å². The first kappa shape index (κ1) is 24.0. The fraction of sp³-hybridized carbons (Fsp3) is 0.600. The second-order valence-electron chi connectivity index (χ2n) is 7.99. The van der Waals surface area contributed by atoms with Crippen LogP contribution in [0.3, 0.4) is 0 Å². The number of carbonyl (C=O) groups excluding carboxylic acids is 3. The molecule has 3 heterocycles. The normalized spacial score (nSPS) is 30.1. The molecule has 3 aliphatic rings. The van der Waals surface area contributed by atoms with Crippen LogP contribution in [-0.4, -0.2) is 77.8 Å². The Morgan fingerprint density at radius 1 is 1.36 bits per heavy atom. The Bertz CT molecular complexity index is 955. The molecule has 3 N–H and O–H groups in total. The SMILES string of the molecule is CC(=O)O[C@H]1[C@@H](OC(C)=O)[C@](C#N)(C2CC=C3C(N)=NC=NN32)O[C@@H]1COC(=O)NC(C)C. The van der Waals surface area contributed by atoms with Crippen LogP contribution in [0.5, 0.6) is 0 Å². The van der Waals surface area contributed by atoms with Crippen LogP contribution in [0.15, 0.2) is 21.9 Å². The van der Waals surface area contributed by atoms with Crippen LogP contribution >= 0.6 is 0 Å². The number of carbonyl (C=O) groups is 3. The number of nitrogens with two attached hydrogens (primary N) is 1. The zero-order valence-electron chi connectivity index (χ0n) is 18.7. The van der Waals surface area contributed by atoms with Crippen molar-refractivity contribution < 1.29 is 33.3 Å². The summed E-state index contributed by atoms with van der Waals surface area (Å²) < 4.78 is 22.2. The van der Waals surface area contributed by atoms with E-state index in [9.17, 15) is 19.6 Å². The van der Waals surface area contributed by atoms with Gasteiger partial charge < -0.3 is 30.0 Å². The van der Waals surface area contributed by atoms with Crippen LogP contribution in [0, 0.1) is 11.3 Å². The van der Waals surface area contributed by atoms with Gasteiger partial charge in [-0.05, 0) is 20.3 Å². The number of esters is 2. The van der Waals surface area contributed by atoms with E-state index in [1.54, 1.807) is 19.9 Å². The largest absolute Gasteiger partial charge is 0.455 e. The summed E-state index contributed by atoms with van der Waals surface area (Å²) in [5, 5.41) is 18.5. The molecule has 13 nitrogen and oxygen atoms in total. The van der Waals surface area contributed by atoms with Crippen molar-refractivity contribution in [3.8, 4) is 6.07 Å². The molecule has 0 aromatic carbocycles. The monoisotopic (exact) mass is 462 g/mol. The van der Waals surface area contributed by atoms with Crippen molar-refractivity contribution in [3.05, 3.63) is 11.8 Å². The third kappa shape index (κ3) is 4.75. The summed E-state index contributed by atoms with van der Waals surface area (Å²) in [7, 11) is 0. The van der Waals surface area contributed by atoms with Gasteiger partial charge in [-0.3, -0.25) is 14.6 Å². The summed E-state index contributed by atoms with van der Waals surface area (Å²) >= 11 is 0. The zero-order chi connectivity index (χ0) is 24.3. The standard InChI is InChI=1S/C20H26N6O7/c1-10(2)25-19(29)30-7-14-16(31-11(3)27)17(32-12(4)28)20(8-21,33-14)15-6-5-13-18(22)23-9-24-26(13)15/h5,9-10,14-17H,6-7H2,1-4H3,(H,25,29)(H2,22,23,24)/t14-,15?,16-,17-,20+/m1/s1. The smallest absolute Gasteiger partial charge is 0.407 e. The van der Waals surface area contributed by atoms with E-state index >= 15 is 0 Å². The maximum atomic E-state index is 12.0. The van der Waals surface area contributed by atoms with Gasteiger partial charge in [0.15, 0.2) is 18.0 Å². The minimum atomic E-state index is -1.83. The quantitative estimate of drug-likeness (QED) is 0.400. The molecular weight excluding hydrogens is 436 g/mol. The molecule has 5 atom stereocenters. The van der Waals surface area contributed by atoms with E-state index in [4.69, 9.17) is 24.7 Å². The summed E-state index contributed by atoms with van der Waals surface area (Å²) in [6, 6.07) is 1.13. The van der Waals surface area contributed by atoms with Gasteiger partial charge in [-0.15, -0.1) is 0 Å². The molecule has 1 amide bonds. The molecule has 0 saturated carbocycles. The fourth-order valence-corrected chi connectivity index (χ4v) is 4.00. The molecule has 1 unspecified atom stereocenters. The molecule has 0 radical (unpaired) electrons. The number of nitrogens with zero attached hydrogens (tertiary/aromatic N) is 4. The predicted octanol–water partition coefficient (Wildman–Crippen LogP) is -0.0821. The Morgan fingerprint density at radius 3 is 2.67 bits per heavy atom. The van der Waals surface area contributed by atoms with E-state index in [1.807, 2.05) is 0 Å². The Labute approximate surface area is 190 Å². The van der Waals surface area contributed by atoms with E-state index in [0.717, 1.165) is 6.92 Å². The number of nitriles is 1. The number of fused-ring (bicyclic) bond motifs is 1. The number of nitrogens with one attached hydrogen (secondary N) is 1. The van der Waals surface area contributed by atoms with Gasteiger partial charge >= 0.3 is 18.0 Å². The van der Waals surface area contributed by atoms with Crippen LogP contribution in [0.1, 0.15) is 34.1 Å². The van der Waals surface area contributed by atoms with Crippen molar-refractivity contribution in [2.75, 3.05) is 6.61 Å². The van der Waals surface area contributed by atoms with Gasteiger partial charge in [-0.25, -0.2) is 9.79 Å². The molecular formula is C20H26N6O7. The second kappa shape index (κ2) is 9.45. The highest BCUT2D eigenvalue weighted by Crippen LogP contribution is 2.44. The predicted molar refractivity (Wildman–Crippen MR) is 112 cm³/mol. The lowest BCUT2D eigenvalue weighted by atomic mass is 9.86. The second-order valence-corrected chi connectivity index (χ2v) is 7.99. The van der Waals surface area contributed by atoms with Crippen molar-refractivity contribution in [2.45, 2.75) is 70.1 Å². The minimum Gasteiger partial charge on any atom is -0.455 e. The van der Waals surface area contributed by atoms with Crippen molar-refractivity contribution in [1.29, 1.82) is 5.26 Å². The average molecular weight is 462 g/mol. The molecule has 1 saturated heterocycles. The molecule has 0 bridgehead atoms. The summed E-state index contributed by atoms with van der Waals surface area (Å²) in [4.78, 5) is 39.8. The van der Waals surface area contributed by atoms with Gasteiger partial charge in [0.2, 0.25) is 5.60 Å². The van der Waals surface area contributed by atoms with E-state index < -0.39 is 48.0 Å². The van der Waals surface area contributed by atoms with Crippen LogP contribution < -0.4 is 11.1 Å². The van der Waals surface area contributed by atoms with Gasteiger partial charge in [0.25, 0.3) is 0 Å². The molecule has 0 aliphatic carbocycles. The number of hydrogen-bond acceptors (Lipinski definition) is 12. The Kier molecular flexibility index (Phi) is 6.87. The summed E-state index contributed by atoms with van der Waals surface area (Å²) in [6.07, 6.45) is -1.16. The molecule has 33 heavy (non-hydrogen) atoms.